The minimum atomic E-state index is -0.835. The third-order valence-electron chi connectivity index (χ3n) is 5.86. The lowest BCUT2D eigenvalue weighted by molar-refractivity contribution is -0.147. The first kappa shape index (κ1) is 28.7. The van der Waals surface area contributed by atoms with Gasteiger partial charge in [-0.25, -0.2) is 5.48 Å². The number of carbonyl (C=O) groups is 3. The standard InChI is InChI=1S/C28H38N4O4/c1-20(2)19-25(24(27(34)31-36)16-10-15-22-11-6-4-7-12-22)26(33)30-32(28(35)21(3)29)18-17-23-13-8-5-9-14-23/h4-15,20-21,24-25,36H,16-19,29H2,1-3H3,(H,30,33)(H,31,34)/t21-,24+,25-/m1/s1. The number of hydrazine groups is 1. The van der Waals surface area contributed by atoms with Gasteiger partial charge in [0.05, 0.1) is 17.9 Å². The number of nitrogens with two attached hydrogens (primary N) is 1. The summed E-state index contributed by atoms with van der Waals surface area (Å²) in [6.07, 6.45) is 4.83. The molecule has 5 N–H and O–H groups in total. The highest BCUT2D eigenvalue weighted by Crippen LogP contribution is 2.25. The maximum absolute atomic E-state index is 13.5. The SMILES string of the molecule is CC(C)C[C@@H](C(=O)NN(CCc1ccccc1)C(=O)[C@@H](C)N)[C@H](CC=Cc1ccccc1)C(=O)NO. The van der Waals surface area contributed by atoms with E-state index in [1.165, 1.54) is 5.01 Å². The second-order valence-corrected chi connectivity index (χ2v) is 9.36. The molecule has 0 radical (unpaired) electrons. The molecule has 0 aromatic heterocycles. The molecule has 8 heteroatoms. The molecule has 8 nitrogen and oxygen atoms in total. The molecule has 0 spiro atoms. The molecule has 0 saturated heterocycles. The van der Waals surface area contributed by atoms with Crippen LogP contribution in [-0.2, 0) is 20.8 Å². The van der Waals surface area contributed by atoms with Crippen molar-refractivity contribution in [1.82, 2.24) is 15.9 Å². The Morgan fingerprint density at radius 2 is 1.56 bits per heavy atom. The molecule has 194 valence electrons. The fourth-order valence-corrected chi connectivity index (χ4v) is 3.98. The van der Waals surface area contributed by atoms with E-state index in [0.29, 0.717) is 12.8 Å². The highest BCUT2D eigenvalue weighted by atomic mass is 16.5. The quantitative estimate of drug-likeness (QED) is 0.266. The Balaban J connectivity index is 2.24. The molecule has 0 bridgehead atoms. The summed E-state index contributed by atoms with van der Waals surface area (Å²) < 4.78 is 0. The second-order valence-electron chi connectivity index (χ2n) is 9.36. The third kappa shape index (κ3) is 9.28. The summed E-state index contributed by atoms with van der Waals surface area (Å²) >= 11 is 0. The number of hydrogen-bond donors (Lipinski definition) is 4. The second kappa shape index (κ2) is 14.8. The van der Waals surface area contributed by atoms with Crippen molar-refractivity contribution in [3.8, 4) is 0 Å². The van der Waals surface area contributed by atoms with E-state index >= 15 is 0 Å². The number of allylic oxidation sites excluding steroid dienone is 1. The van der Waals surface area contributed by atoms with Crippen molar-refractivity contribution in [2.45, 2.75) is 46.1 Å². The molecule has 3 atom stereocenters. The van der Waals surface area contributed by atoms with E-state index in [2.05, 4.69) is 5.43 Å². The highest BCUT2D eigenvalue weighted by molar-refractivity contribution is 5.89. The number of rotatable bonds is 12. The summed E-state index contributed by atoms with van der Waals surface area (Å²) in [5, 5.41) is 10.6. The van der Waals surface area contributed by atoms with Crippen molar-refractivity contribution in [3.63, 3.8) is 0 Å². The van der Waals surface area contributed by atoms with Gasteiger partial charge in [0.1, 0.15) is 0 Å². The van der Waals surface area contributed by atoms with E-state index in [4.69, 9.17) is 5.73 Å². The molecule has 36 heavy (non-hydrogen) atoms. The Morgan fingerprint density at radius 3 is 2.11 bits per heavy atom. The molecule has 0 fully saturated rings. The van der Waals surface area contributed by atoms with Crippen LogP contribution in [0.15, 0.2) is 66.7 Å². The van der Waals surface area contributed by atoms with Gasteiger partial charge in [-0.2, -0.15) is 0 Å². The van der Waals surface area contributed by atoms with Gasteiger partial charge in [0.15, 0.2) is 0 Å². The molecule has 2 aromatic rings. The van der Waals surface area contributed by atoms with Crippen molar-refractivity contribution in [2.75, 3.05) is 6.54 Å². The van der Waals surface area contributed by atoms with Gasteiger partial charge in [0, 0.05) is 6.54 Å². The number of nitrogens with zero attached hydrogens (tertiary/aromatic N) is 1. The van der Waals surface area contributed by atoms with Gasteiger partial charge < -0.3 is 5.73 Å². The van der Waals surface area contributed by atoms with Crippen LogP contribution in [0.4, 0.5) is 0 Å². The van der Waals surface area contributed by atoms with Crippen LogP contribution in [0.2, 0.25) is 0 Å². The zero-order valence-electron chi connectivity index (χ0n) is 21.3. The highest BCUT2D eigenvalue weighted by Gasteiger charge is 2.35. The maximum atomic E-state index is 13.5. The molecule has 2 rings (SSSR count). The molecule has 0 saturated carbocycles. The van der Waals surface area contributed by atoms with E-state index < -0.39 is 35.6 Å². The number of carbonyl (C=O) groups excluding carboxylic acids is 3. The Hall–Kier alpha value is -3.49. The van der Waals surface area contributed by atoms with E-state index in [9.17, 15) is 19.6 Å². The Kier molecular flexibility index (Phi) is 11.8. The van der Waals surface area contributed by atoms with Crippen LogP contribution in [0.3, 0.4) is 0 Å². The monoisotopic (exact) mass is 494 g/mol. The van der Waals surface area contributed by atoms with Crippen molar-refractivity contribution >= 4 is 23.8 Å². The van der Waals surface area contributed by atoms with Crippen LogP contribution in [0, 0.1) is 17.8 Å². The molecule has 0 aliphatic rings. The first-order valence-electron chi connectivity index (χ1n) is 12.3. The number of hydrogen-bond acceptors (Lipinski definition) is 5. The average molecular weight is 495 g/mol. The first-order chi connectivity index (χ1) is 17.2. The predicted molar refractivity (Wildman–Crippen MR) is 140 cm³/mol. The van der Waals surface area contributed by atoms with Gasteiger partial charge in [-0.05, 0) is 43.2 Å². The van der Waals surface area contributed by atoms with Gasteiger partial charge in [-0.15, -0.1) is 0 Å². The predicted octanol–water partition coefficient (Wildman–Crippen LogP) is 3.32. The van der Waals surface area contributed by atoms with Crippen LogP contribution in [0.5, 0.6) is 0 Å². The maximum Gasteiger partial charge on any atom is 0.257 e. The lowest BCUT2D eigenvalue weighted by Gasteiger charge is -2.30. The Morgan fingerprint density at radius 1 is 0.944 bits per heavy atom. The summed E-state index contributed by atoms with van der Waals surface area (Å²) in [6, 6.07) is 18.4. The summed E-state index contributed by atoms with van der Waals surface area (Å²) in [5.41, 5.74) is 12.2. The summed E-state index contributed by atoms with van der Waals surface area (Å²) in [4.78, 5) is 38.9. The van der Waals surface area contributed by atoms with Gasteiger partial charge in [-0.1, -0.05) is 86.7 Å². The fraction of sp³-hybridized carbons (Fsp3) is 0.393. The molecular formula is C28H38N4O4. The lowest BCUT2D eigenvalue weighted by Crippen LogP contribution is -2.55. The van der Waals surface area contributed by atoms with E-state index in [1.807, 2.05) is 86.7 Å². The van der Waals surface area contributed by atoms with Crippen LogP contribution in [0.1, 0.15) is 44.7 Å². The van der Waals surface area contributed by atoms with Crippen molar-refractivity contribution in [3.05, 3.63) is 77.9 Å². The number of benzene rings is 2. The van der Waals surface area contributed by atoms with Crippen LogP contribution in [-0.4, -0.2) is 40.5 Å². The topological polar surface area (TPSA) is 125 Å². The smallest absolute Gasteiger partial charge is 0.257 e. The van der Waals surface area contributed by atoms with E-state index in [-0.39, 0.29) is 18.9 Å². The molecule has 2 aromatic carbocycles. The van der Waals surface area contributed by atoms with Gasteiger partial charge >= 0.3 is 0 Å². The third-order valence-corrected chi connectivity index (χ3v) is 5.86. The Bertz CT molecular complexity index is 993. The van der Waals surface area contributed by atoms with Gasteiger partial charge in [0.25, 0.3) is 5.91 Å². The van der Waals surface area contributed by atoms with Gasteiger partial charge in [0.2, 0.25) is 11.8 Å². The molecule has 3 amide bonds. The number of amides is 3. The molecule has 0 unspecified atom stereocenters. The number of nitrogens with one attached hydrogen (secondary N) is 2. The zero-order chi connectivity index (χ0) is 26.5. The molecular weight excluding hydrogens is 456 g/mol. The van der Waals surface area contributed by atoms with Crippen molar-refractivity contribution in [1.29, 1.82) is 0 Å². The van der Waals surface area contributed by atoms with Crippen LogP contribution in [0.25, 0.3) is 6.08 Å². The van der Waals surface area contributed by atoms with Crippen LogP contribution < -0.4 is 16.6 Å². The summed E-state index contributed by atoms with van der Waals surface area (Å²) in [5.74, 6) is -3.06. The normalized spacial score (nSPS) is 13.7. The number of hydroxylamine groups is 1. The minimum Gasteiger partial charge on any atom is -0.320 e. The fourth-order valence-electron chi connectivity index (χ4n) is 3.98. The van der Waals surface area contributed by atoms with E-state index in [1.54, 1.807) is 12.4 Å². The largest absolute Gasteiger partial charge is 0.320 e. The van der Waals surface area contributed by atoms with E-state index in [0.717, 1.165) is 11.1 Å². The van der Waals surface area contributed by atoms with Crippen molar-refractivity contribution < 1.29 is 19.6 Å². The van der Waals surface area contributed by atoms with Crippen LogP contribution >= 0.6 is 0 Å². The molecule has 0 aliphatic carbocycles. The summed E-state index contributed by atoms with van der Waals surface area (Å²) in [7, 11) is 0. The lowest BCUT2D eigenvalue weighted by atomic mass is 9.82. The first-order valence-corrected chi connectivity index (χ1v) is 12.3. The molecule has 0 heterocycles. The Labute approximate surface area is 213 Å². The average Bonchev–Trinajstić information content (AvgIpc) is 2.88. The van der Waals surface area contributed by atoms with Gasteiger partial charge in [-0.3, -0.25) is 30.0 Å². The minimum absolute atomic E-state index is 0.0924. The summed E-state index contributed by atoms with van der Waals surface area (Å²) in [6.45, 7) is 5.70. The van der Waals surface area contributed by atoms with Crippen molar-refractivity contribution in [2.24, 2.45) is 23.5 Å². The zero-order valence-corrected chi connectivity index (χ0v) is 21.3. The molecule has 0 aliphatic heterocycles.